The van der Waals surface area contributed by atoms with Gasteiger partial charge in [-0.15, -0.1) is 11.6 Å². The molecule has 4 nitrogen and oxygen atoms in total. The number of rotatable bonds is 3. The molecule has 1 heterocycles. The van der Waals surface area contributed by atoms with Crippen molar-refractivity contribution in [2.45, 2.75) is 23.4 Å². The lowest BCUT2D eigenvalue weighted by Gasteiger charge is -2.16. The van der Waals surface area contributed by atoms with Crippen molar-refractivity contribution in [3.05, 3.63) is 23.0 Å². The van der Waals surface area contributed by atoms with Crippen molar-refractivity contribution in [1.82, 2.24) is 4.98 Å². The molecule has 0 aliphatic carbocycles. The average Bonchev–Trinajstić information content (AvgIpc) is 2.24. The molecule has 0 aliphatic heterocycles. The molecule has 0 saturated heterocycles. The molecule has 1 aromatic rings. The molecule has 19 heavy (non-hydrogen) atoms. The van der Waals surface area contributed by atoms with Gasteiger partial charge in [0.25, 0.3) is 6.43 Å². The Morgan fingerprint density at radius 3 is 2.21 bits per heavy atom. The van der Waals surface area contributed by atoms with E-state index >= 15 is 0 Å². The monoisotopic (exact) mass is 324 g/mol. The summed E-state index contributed by atoms with van der Waals surface area (Å²) >= 11 is 5.19. The summed E-state index contributed by atoms with van der Waals surface area (Å²) in [6, 6.07) is 0.0961. The number of halogens is 6. The van der Waals surface area contributed by atoms with E-state index in [1.807, 2.05) is 0 Å². The Labute approximate surface area is 109 Å². The van der Waals surface area contributed by atoms with Gasteiger partial charge in [0, 0.05) is 0 Å². The summed E-state index contributed by atoms with van der Waals surface area (Å²) in [5.74, 6) is -0.891. The number of alkyl halides is 6. The van der Waals surface area contributed by atoms with E-state index in [-0.39, 0.29) is 6.07 Å². The Hall–Kier alpha value is -1.00. The highest BCUT2D eigenvalue weighted by Gasteiger charge is 2.40. The van der Waals surface area contributed by atoms with Crippen LogP contribution in [0.3, 0.4) is 0 Å². The fourth-order valence-corrected chi connectivity index (χ4v) is 2.33. The zero-order chi connectivity index (χ0) is 15.0. The highest BCUT2D eigenvalue weighted by atomic mass is 35.5. The standard InChI is InChI=1S/C8H6ClF5N2O2S/c9-2-4-6(8(12,13)14)5(19(15,17)18)1-3(16-4)7(10)11/h1,7H,2H2,(H2,15,17,18). The third kappa shape index (κ3) is 3.51. The lowest BCUT2D eigenvalue weighted by Crippen LogP contribution is -2.22. The zero-order valence-electron chi connectivity index (χ0n) is 8.88. The Bertz CT molecular complexity index is 588. The fourth-order valence-electron chi connectivity index (χ4n) is 1.33. The maximum Gasteiger partial charge on any atom is 0.419 e. The van der Waals surface area contributed by atoms with E-state index in [0.29, 0.717) is 0 Å². The average molecular weight is 325 g/mol. The summed E-state index contributed by atoms with van der Waals surface area (Å²) in [5.41, 5.74) is -3.89. The van der Waals surface area contributed by atoms with E-state index < -0.39 is 50.4 Å². The van der Waals surface area contributed by atoms with Gasteiger partial charge in [0.05, 0.1) is 22.0 Å². The summed E-state index contributed by atoms with van der Waals surface area (Å²) < 4.78 is 85.4. The highest BCUT2D eigenvalue weighted by Crippen LogP contribution is 2.37. The Morgan fingerprint density at radius 1 is 1.37 bits per heavy atom. The molecule has 0 spiro atoms. The molecule has 1 aromatic heterocycles. The summed E-state index contributed by atoms with van der Waals surface area (Å²) in [6.45, 7) is 0. The van der Waals surface area contributed by atoms with Crippen molar-refractivity contribution in [1.29, 1.82) is 0 Å². The number of aromatic nitrogens is 1. The first-order valence-corrected chi connectivity index (χ1v) is 6.54. The van der Waals surface area contributed by atoms with Crippen LogP contribution in [0.25, 0.3) is 0 Å². The fraction of sp³-hybridized carbons (Fsp3) is 0.375. The molecular formula is C8H6ClF5N2O2S. The van der Waals surface area contributed by atoms with Crippen molar-refractivity contribution >= 4 is 21.6 Å². The van der Waals surface area contributed by atoms with Gasteiger partial charge in [-0.25, -0.2) is 27.3 Å². The molecule has 0 radical (unpaired) electrons. The normalized spacial score (nSPS) is 13.1. The van der Waals surface area contributed by atoms with E-state index in [9.17, 15) is 30.4 Å². The molecule has 11 heteroatoms. The van der Waals surface area contributed by atoms with Crippen LogP contribution in [0.5, 0.6) is 0 Å². The van der Waals surface area contributed by atoms with Gasteiger partial charge in [0.1, 0.15) is 5.69 Å². The molecule has 0 unspecified atom stereocenters. The molecule has 0 atom stereocenters. The Morgan fingerprint density at radius 2 is 1.89 bits per heavy atom. The van der Waals surface area contributed by atoms with Crippen LogP contribution in [0.2, 0.25) is 0 Å². The van der Waals surface area contributed by atoms with Crippen LogP contribution in [-0.4, -0.2) is 13.4 Å². The third-order valence-corrected chi connectivity index (χ3v) is 3.21. The maximum absolute atomic E-state index is 12.8. The molecule has 0 saturated carbocycles. The number of nitrogens with zero attached hydrogens (tertiary/aromatic N) is 1. The van der Waals surface area contributed by atoms with E-state index in [2.05, 4.69) is 10.1 Å². The number of hydrogen-bond acceptors (Lipinski definition) is 3. The second-order valence-electron chi connectivity index (χ2n) is 3.34. The molecular weight excluding hydrogens is 319 g/mol. The number of hydrogen-bond donors (Lipinski definition) is 1. The van der Waals surface area contributed by atoms with Crippen molar-refractivity contribution in [2.75, 3.05) is 0 Å². The minimum Gasteiger partial charge on any atom is -0.250 e. The lowest BCUT2D eigenvalue weighted by molar-refractivity contribution is -0.140. The van der Waals surface area contributed by atoms with Crippen LogP contribution in [0, 0.1) is 0 Å². The molecule has 108 valence electrons. The molecule has 0 aliphatic rings. The van der Waals surface area contributed by atoms with Gasteiger partial charge in [0.2, 0.25) is 10.0 Å². The van der Waals surface area contributed by atoms with Crippen LogP contribution < -0.4 is 5.14 Å². The summed E-state index contributed by atoms with van der Waals surface area (Å²) in [7, 11) is -4.86. The molecule has 2 N–H and O–H groups in total. The van der Waals surface area contributed by atoms with E-state index in [0.717, 1.165) is 0 Å². The molecule has 0 fully saturated rings. The first kappa shape index (κ1) is 16.1. The van der Waals surface area contributed by atoms with Crippen molar-refractivity contribution in [3.8, 4) is 0 Å². The quantitative estimate of drug-likeness (QED) is 0.685. The number of nitrogens with two attached hydrogens (primary N) is 1. The molecule has 0 amide bonds. The highest BCUT2D eigenvalue weighted by molar-refractivity contribution is 7.89. The Balaban J connectivity index is 3.79. The van der Waals surface area contributed by atoms with Crippen LogP contribution in [-0.2, 0) is 22.1 Å². The smallest absolute Gasteiger partial charge is 0.250 e. The van der Waals surface area contributed by atoms with Gasteiger partial charge in [-0.1, -0.05) is 0 Å². The minimum absolute atomic E-state index is 0.0961. The van der Waals surface area contributed by atoms with E-state index in [1.165, 1.54) is 0 Å². The third-order valence-electron chi connectivity index (χ3n) is 2.02. The van der Waals surface area contributed by atoms with Crippen molar-refractivity contribution in [3.63, 3.8) is 0 Å². The largest absolute Gasteiger partial charge is 0.419 e. The number of sulfonamides is 1. The van der Waals surface area contributed by atoms with Gasteiger partial charge in [0.15, 0.2) is 0 Å². The summed E-state index contributed by atoms with van der Waals surface area (Å²) in [4.78, 5) is 1.54. The molecule has 0 bridgehead atoms. The topological polar surface area (TPSA) is 73.1 Å². The van der Waals surface area contributed by atoms with Crippen LogP contribution in [0.4, 0.5) is 22.0 Å². The summed E-state index contributed by atoms with van der Waals surface area (Å²) in [6.07, 6.45) is -8.40. The first-order chi connectivity index (χ1) is 8.48. The van der Waals surface area contributed by atoms with Crippen molar-refractivity contribution in [2.24, 2.45) is 5.14 Å². The Kier molecular flexibility index (Phi) is 4.37. The van der Waals surface area contributed by atoms with E-state index in [1.54, 1.807) is 0 Å². The SMILES string of the molecule is NS(=O)(=O)c1cc(C(F)F)nc(CCl)c1C(F)(F)F. The van der Waals surface area contributed by atoms with Crippen LogP contribution in [0.1, 0.15) is 23.4 Å². The second kappa shape index (κ2) is 5.17. The van der Waals surface area contributed by atoms with Gasteiger partial charge in [-0.05, 0) is 6.07 Å². The molecule has 0 aromatic carbocycles. The van der Waals surface area contributed by atoms with Crippen molar-refractivity contribution < 1.29 is 30.4 Å². The molecule has 1 rings (SSSR count). The van der Waals surface area contributed by atoms with Crippen LogP contribution >= 0.6 is 11.6 Å². The van der Waals surface area contributed by atoms with Crippen LogP contribution in [0.15, 0.2) is 11.0 Å². The number of pyridine rings is 1. The van der Waals surface area contributed by atoms with Gasteiger partial charge in [-0.2, -0.15) is 13.2 Å². The van der Waals surface area contributed by atoms with E-state index in [4.69, 9.17) is 11.6 Å². The summed E-state index contributed by atoms with van der Waals surface area (Å²) in [5, 5.41) is 4.60. The second-order valence-corrected chi connectivity index (χ2v) is 5.14. The van der Waals surface area contributed by atoms with Gasteiger partial charge < -0.3 is 0 Å². The van der Waals surface area contributed by atoms with Gasteiger partial charge in [-0.3, -0.25) is 0 Å². The number of primary sulfonamides is 1. The predicted octanol–water partition coefficient (Wildman–Crippen LogP) is 2.42. The predicted molar refractivity (Wildman–Crippen MR) is 55.1 cm³/mol. The maximum atomic E-state index is 12.8. The zero-order valence-corrected chi connectivity index (χ0v) is 10.5. The first-order valence-electron chi connectivity index (χ1n) is 4.46. The van der Waals surface area contributed by atoms with Gasteiger partial charge >= 0.3 is 6.18 Å². The minimum atomic E-state index is -5.14. The lowest BCUT2D eigenvalue weighted by atomic mass is 10.1.